The quantitative estimate of drug-likeness (QED) is 0.752. The lowest BCUT2D eigenvalue weighted by Crippen LogP contribution is -2.06. The highest BCUT2D eigenvalue weighted by Crippen LogP contribution is 2.09. The Morgan fingerprint density at radius 2 is 2.12 bits per heavy atom. The number of nitrogen functional groups attached to an aromatic ring is 1. The first-order chi connectivity index (χ1) is 7.66. The fraction of sp³-hybridized carbons (Fsp3) is 0.111. The number of carboxylic acid groups (broad SMARTS) is 1. The first kappa shape index (κ1) is 10.1. The molecule has 2 heterocycles. The maximum Gasteiger partial charge on any atom is 0.358 e. The Balaban J connectivity index is 2.23. The average Bonchev–Trinajstić information content (AvgIpc) is 2.61. The van der Waals surface area contributed by atoms with E-state index in [9.17, 15) is 4.79 Å². The SMILES string of the molecule is Nc1cn(Cc2ncccn2)nc1C(=O)O. The minimum absolute atomic E-state index is 0.128. The second-order valence-electron chi connectivity index (χ2n) is 3.10. The topological polar surface area (TPSA) is 107 Å². The van der Waals surface area contributed by atoms with E-state index < -0.39 is 5.97 Å². The molecule has 0 saturated heterocycles. The summed E-state index contributed by atoms with van der Waals surface area (Å²) in [6.07, 6.45) is 4.65. The summed E-state index contributed by atoms with van der Waals surface area (Å²) < 4.78 is 1.40. The van der Waals surface area contributed by atoms with Gasteiger partial charge in [0.1, 0.15) is 12.4 Å². The predicted octanol–water partition coefficient (Wildman–Crippen LogP) is 0.00180. The van der Waals surface area contributed by atoms with Crippen molar-refractivity contribution in [2.24, 2.45) is 0 Å². The summed E-state index contributed by atoms with van der Waals surface area (Å²) in [5.41, 5.74) is 5.46. The van der Waals surface area contributed by atoms with Gasteiger partial charge >= 0.3 is 5.97 Å². The van der Waals surface area contributed by atoms with Gasteiger partial charge in [-0.15, -0.1) is 0 Å². The largest absolute Gasteiger partial charge is 0.476 e. The molecule has 0 aromatic carbocycles. The molecular weight excluding hydrogens is 210 g/mol. The molecule has 3 N–H and O–H groups in total. The van der Waals surface area contributed by atoms with Crippen LogP contribution in [-0.2, 0) is 6.54 Å². The van der Waals surface area contributed by atoms with Gasteiger partial charge in [0.05, 0.1) is 5.69 Å². The van der Waals surface area contributed by atoms with E-state index in [1.807, 2.05) is 0 Å². The van der Waals surface area contributed by atoms with Crippen LogP contribution < -0.4 is 5.73 Å². The summed E-state index contributed by atoms with van der Waals surface area (Å²) in [5.74, 6) is -0.604. The number of aromatic carboxylic acids is 1. The number of nitrogens with zero attached hydrogens (tertiary/aromatic N) is 4. The molecule has 0 aliphatic rings. The van der Waals surface area contributed by atoms with Crippen molar-refractivity contribution < 1.29 is 9.90 Å². The van der Waals surface area contributed by atoms with E-state index in [4.69, 9.17) is 10.8 Å². The van der Waals surface area contributed by atoms with E-state index >= 15 is 0 Å². The summed E-state index contributed by atoms with van der Waals surface area (Å²) in [6.45, 7) is 0.290. The highest BCUT2D eigenvalue weighted by Gasteiger charge is 2.13. The van der Waals surface area contributed by atoms with E-state index in [1.165, 1.54) is 10.9 Å². The number of carbonyl (C=O) groups is 1. The van der Waals surface area contributed by atoms with Crippen LogP contribution in [0.4, 0.5) is 5.69 Å². The average molecular weight is 219 g/mol. The summed E-state index contributed by atoms with van der Waals surface area (Å²) in [5, 5.41) is 12.6. The van der Waals surface area contributed by atoms with Crippen LogP contribution in [0.5, 0.6) is 0 Å². The molecule has 2 aromatic rings. The Morgan fingerprint density at radius 3 is 2.69 bits per heavy atom. The number of hydrogen-bond acceptors (Lipinski definition) is 5. The van der Waals surface area contributed by atoms with Gasteiger partial charge in [-0.05, 0) is 6.07 Å². The molecule has 7 nitrogen and oxygen atoms in total. The zero-order valence-electron chi connectivity index (χ0n) is 8.24. The van der Waals surface area contributed by atoms with Crippen LogP contribution in [0.15, 0.2) is 24.7 Å². The van der Waals surface area contributed by atoms with Gasteiger partial charge in [0.15, 0.2) is 5.69 Å². The standard InChI is InChI=1S/C9H9N5O2/c10-6-4-14(13-8(6)9(15)16)5-7-11-2-1-3-12-7/h1-4H,5,10H2,(H,15,16). The smallest absolute Gasteiger partial charge is 0.358 e. The highest BCUT2D eigenvalue weighted by atomic mass is 16.4. The molecule has 0 atom stereocenters. The van der Waals surface area contributed by atoms with Gasteiger partial charge in [0.2, 0.25) is 0 Å². The predicted molar refractivity (Wildman–Crippen MR) is 54.7 cm³/mol. The summed E-state index contributed by atoms with van der Waals surface area (Å²) in [4.78, 5) is 18.7. The van der Waals surface area contributed by atoms with Crippen molar-refractivity contribution in [3.05, 3.63) is 36.2 Å². The molecule has 0 amide bonds. The molecule has 0 aliphatic heterocycles. The third-order valence-corrected chi connectivity index (χ3v) is 1.92. The minimum atomic E-state index is -1.15. The van der Waals surface area contributed by atoms with Crippen molar-refractivity contribution in [2.75, 3.05) is 5.73 Å². The maximum atomic E-state index is 10.7. The first-order valence-electron chi connectivity index (χ1n) is 4.49. The van der Waals surface area contributed by atoms with Gasteiger partial charge in [0, 0.05) is 18.6 Å². The second-order valence-corrected chi connectivity index (χ2v) is 3.10. The lowest BCUT2D eigenvalue weighted by Gasteiger charge is -1.98. The molecule has 0 spiro atoms. The van der Waals surface area contributed by atoms with Crippen molar-refractivity contribution in [2.45, 2.75) is 6.54 Å². The second kappa shape index (κ2) is 3.97. The molecule has 2 aromatic heterocycles. The van der Waals surface area contributed by atoms with E-state index in [0.717, 1.165) is 0 Å². The summed E-state index contributed by atoms with van der Waals surface area (Å²) >= 11 is 0. The zero-order valence-corrected chi connectivity index (χ0v) is 8.24. The number of rotatable bonds is 3. The molecule has 82 valence electrons. The number of hydrogen-bond donors (Lipinski definition) is 2. The molecule has 0 aliphatic carbocycles. The van der Waals surface area contributed by atoms with Crippen molar-refractivity contribution in [1.29, 1.82) is 0 Å². The molecule has 0 unspecified atom stereocenters. The van der Waals surface area contributed by atoms with Crippen molar-refractivity contribution >= 4 is 11.7 Å². The lowest BCUT2D eigenvalue weighted by atomic mass is 10.4. The fourth-order valence-electron chi connectivity index (χ4n) is 1.24. The Kier molecular flexibility index (Phi) is 2.50. The third kappa shape index (κ3) is 1.97. The van der Waals surface area contributed by atoms with Gasteiger partial charge in [-0.1, -0.05) is 0 Å². The van der Waals surface area contributed by atoms with Crippen LogP contribution in [-0.4, -0.2) is 30.8 Å². The van der Waals surface area contributed by atoms with Crippen molar-refractivity contribution in [3.8, 4) is 0 Å². The highest BCUT2D eigenvalue weighted by molar-refractivity contribution is 5.91. The molecule has 0 fully saturated rings. The monoisotopic (exact) mass is 219 g/mol. The number of nitrogens with two attached hydrogens (primary N) is 1. The Labute approximate surface area is 90.6 Å². The first-order valence-corrected chi connectivity index (χ1v) is 4.49. The summed E-state index contributed by atoms with van der Waals surface area (Å²) in [7, 11) is 0. The molecule has 2 rings (SSSR count). The van der Waals surface area contributed by atoms with Crippen LogP contribution in [0.3, 0.4) is 0 Å². The van der Waals surface area contributed by atoms with Gasteiger partial charge < -0.3 is 10.8 Å². The Morgan fingerprint density at radius 1 is 1.44 bits per heavy atom. The van der Waals surface area contributed by atoms with Crippen LogP contribution in [0.25, 0.3) is 0 Å². The van der Waals surface area contributed by atoms with Crippen molar-refractivity contribution in [3.63, 3.8) is 0 Å². The third-order valence-electron chi connectivity index (χ3n) is 1.92. The van der Waals surface area contributed by atoms with E-state index in [-0.39, 0.29) is 11.4 Å². The number of carboxylic acids is 1. The van der Waals surface area contributed by atoms with Gasteiger partial charge in [-0.25, -0.2) is 14.8 Å². The minimum Gasteiger partial charge on any atom is -0.476 e. The molecule has 7 heteroatoms. The fourth-order valence-corrected chi connectivity index (χ4v) is 1.24. The van der Waals surface area contributed by atoms with E-state index in [1.54, 1.807) is 18.5 Å². The maximum absolute atomic E-state index is 10.7. The van der Waals surface area contributed by atoms with Crippen LogP contribution in [0.1, 0.15) is 16.3 Å². The van der Waals surface area contributed by atoms with Gasteiger partial charge in [0.25, 0.3) is 0 Å². The van der Waals surface area contributed by atoms with E-state index in [0.29, 0.717) is 12.4 Å². The normalized spacial score (nSPS) is 10.2. The Bertz CT molecular complexity index is 508. The molecule has 0 bridgehead atoms. The molecule has 16 heavy (non-hydrogen) atoms. The molecule has 0 radical (unpaired) electrons. The zero-order chi connectivity index (χ0) is 11.5. The van der Waals surface area contributed by atoms with Crippen molar-refractivity contribution in [1.82, 2.24) is 19.7 Å². The molecule has 0 saturated carbocycles. The summed E-state index contributed by atoms with van der Waals surface area (Å²) in [6, 6.07) is 1.70. The van der Waals surface area contributed by atoms with Crippen LogP contribution in [0, 0.1) is 0 Å². The van der Waals surface area contributed by atoms with Gasteiger partial charge in [-0.3, -0.25) is 4.68 Å². The van der Waals surface area contributed by atoms with E-state index in [2.05, 4.69) is 15.1 Å². The lowest BCUT2D eigenvalue weighted by molar-refractivity contribution is 0.0690. The van der Waals surface area contributed by atoms with Gasteiger partial charge in [-0.2, -0.15) is 5.10 Å². The number of aromatic nitrogens is 4. The van der Waals surface area contributed by atoms with Crippen LogP contribution >= 0.6 is 0 Å². The Hall–Kier alpha value is -2.44. The van der Waals surface area contributed by atoms with Crippen LogP contribution in [0.2, 0.25) is 0 Å². The molecular formula is C9H9N5O2. The number of anilines is 1.